The Labute approximate surface area is 192 Å². The van der Waals surface area contributed by atoms with Gasteiger partial charge in [0.1, 0.15) is 12.4 Å². The largest absolute Gasteiger partial charge is 0.487 e. The Bertz CT molecular complexity index is 915. The van der Waals surface area contributed by atoms with Crippen LogP contribution in [0.5, 0.6) is 5.75 Å². The van der Waals surface area contributed by atoms with Crippen LogP contribution in [0.4, 0.5) is 10.5 Å². The van der Waals surface area contributed by atoms with Gasteiger partial charge in [0, 0.05) is 7.05 Å². The summed E-state index contributed by atoms with van der Waals surface area (Å²) < 4.78 is 5.89. The van der Waals surface area contributed by atoms with Gasteiger partial charge in [-0.1, -0.05) is 80.1 Å². The van der Waals surface area contributed by atoms with Crippen molar-refractivity contribution in [1.29, 1.82) is 0 Å². The number of aryl methyl sites for hydroxylation is 1. The molecule has 0 saturated heterocycles. The first-order chi connectivity index (χ1) is 15.7. The third-order valence-electron chi connectivity index (χ3n) is 4.85. The van der Waals surface area contributed by atoms with E-state index in [1.165, 1.54) is 11.1 Å². The van der Waals surface area contributed by atoms with Crippen LogP contribution < -0.4 is 21.1 Å². The summed E-state index contributed by atoms with van der Waals surface area (Å²) in [5.74, 6) is 0.678. The van der Waals surface area contributed by atoms with Crippen molar-refractivity contribution in [3.05, 3.63) is 95.6 Å². The lowest BCUT2D eigenvalue weighted by molar-refractivity contribution is 0.253. The average Bonchev–Trinajstić information content (AvgIpc) is 2.84. The highest BCUT2D eigenvalue weighted by Gasteiger charge is 2.09. The van der Waals surface area contributed by atoms with E-state index in [2.05, 4.69) is 35.8 Å². The molecule has 32 heavy (non-hydrogen) atoms. The van der Waals surface area contributed by atoms with Crippen molar-refractivity contribution < 1.29 is 9.53 Å². The lowest BCUT2D eigenvalue weighted by Gasteiger charge is -2.14. The van der Waals surface area contributed by atoms with Crippen LogP contribution in [0.15, 0.2) is 78.9 Å². The zero-order chi connectivity index (χ0) is 23.0. The number of urea groups is 1. The molecule has 4 N–H and O–H groups in total. The van der Waals surface area contributed by atoms with Crippen molar-refractivity contribution in [3.63, 3.8) is 0 Å². The number of hydrogen-bond donors (Lipinski definition) is 3. The van der Waals surface area contributed by atoms with Gasteiger partial charge in [-0.3, -0.25) is 0 Å². The highest BCUT2D eigenvalue weighted by atomic mass is 16.5. The fourth-order valence-electron chi connectivity index (χ4n) is 3.07. The van der Waals surface area contributed by atoms with Crippen molar-refractivity contribution in [1.82, 2.24) is 5.32 Å². The predicted octanol–water partition coefficient (Wildman–Crippen LogP) is 5.55. The van der Waals surface area contributed by atoms with E-state index in [-0.39, 0.29) is 6.03 Å². The highest BCUT2D eigenvalue weighted by Crippen LogP contribution is 2.27. The Kier molecular flexibility index (Phi) is 11.4. The number of nitrogens with two attached hydrogens (primary N) is 1. The van der Waals surface area contributed by atoms with E-state index >= 15 is 0 Å². The molecule has 3 aromatic carbocycles. The first kappa shape index (κ1) is 25.0. The molecule has 0 aromatic heterocycles. The number of anilines is 1. The van der Waals surface area contributed by atoms with Crippen LogP contribution in [0, 0.1) is 0 Å². The van der Waals surface area contributed by atoms with Gasteiger partial charge in [0.25, 0.3) is 0 Å². The summed E-state index contributed by atoms with van der Waals surface area (Å²) in [7, 11) is 1.60. The molecule has 170 valence electrons. The minimum Gasteiger partial charge on any atom is -0.487 e. The van der Waals surface area contributed by atoms with Gasteiger partial charge < -0.3 is 21.1 Å². The van der Waals surface area contributed by atoms with Gasteiger partial charge in [-0.2, -0.15) is 0 Å². The number of rotatable bonds is 9. The molecule has 0 aliphatic rings. The Morgan fingerprint density at radius 3 is 2.12 bits per heavy atom. The van der Waals surface area contributed by atoms with Crippen LogP contribution in [-0.2, 0) is 19.4 Å². The molecule has 0 atom stereocenters. The van der Waals surface area contributed by atoms with Crippen molar-refractivity contribution >= 4 is 11.7 Å². The molecule has 0 spiro atoms. The number of ether oxygens (including phenoxy) is 1. The maximum atomic E-state index is 11.7. The second-order valence-corrected chi connectivity index (χ2v) is 7.44. The van der Waals surface area contributed by atoms with Crippen molar-refractivity contribution in [2.45, 2.75) is 39.2 Å². The summed E-state index contributed by atoms with van der Waals surface area (Å²) in [5, 5.41) is 5.41. The van der Waals surface area contributed by atoms with Crippen LogP contribution in [0.1, 0.15) is 36.5 Å². The standard InChI is InChI=1S/C19H24N2O2.C8H11N/c1-3-4-8-15-11-12-18(17(13-15)21-19(22)20-2)23-14-16-9-6-5-7-10-16;9-7-6-8-4-2-1-3-5-8/h5-7,9-13H,3-4,8,14H2,1-2H3,(H2,20,21,22);1-5H,6-7,9H2. The second-order valence-electron chi connectivity index (χ2n) is 7.44. The molecule has 0 fully saturated rings. The molecule has 0 radical (unpaired) electrons. The van der Waals surface area contributed by atoms with Gasteiger partial charge in [0.2, 0.25) is 0 Å². The third kappa shape index (κ3) is 9.23. The lowest BCUT2D eigenvalue weighted by atomic mass is 10.1. The van der Waals surface area contributed by atoms with E-state index in [1.54, 1.807) is 7.05 Å². The molecule has 0 unspecified atom stereocenters. The maximum absolute atomic E-state index is 11.7. The normalized spacial score (nSPS) is 9.97. The van der Waals surface area contributed by atoms with E-state index in [1.807, 2.05) is 60.7 Å². The van der Waals surface area contributed by atoms with E-state index in [0.717, 1.165) is 37.8 Å². The third-order valence-corrected chi connectivity index (χ3v) is 4.85. The first-order valence-electron chi connectivity index (χ1n) is 11.2. The smallest absolute Gasteiger partial charge is 0.319 e. The Balaban J connectivity index is 0.000000336. The molecule has 0 aliphatic carbocycles. The first-order valence-corrected chi connectivity index (χ1v) is 11.2. The Morgan fingerprint density at radius 2 is 1.53 bits per heavy atom. The van der Waals surface area contributed by atoms with Gasteiger partial charge in [-0.25, -0.2) is 4.79 Å². The number of amides is 2. The summed E-state index contributed by atoms with van der Waals surface area (Å²) >= 11 is 0. The zero-order valence-corrected chi connectivity index (χ0v) is 19.1. The van der Waals surface area contributed by atoms with Crippen LogP contribution in [0.25, 0.3) is 0 Å². The molecule has 3 aromatic rings. The van der Waals surface area contributed by atoms with E-state index < -0.39 is 0 Å². The van der Waals surface area contributed by atoms with E-state index in [4.69, 9.17) is 10.5 Å². The number of nitrogens with one attached hydrogen (secondary N) is 2. The lowest BCUT2D eigenvalue weighted by Crippen LogP contribution is -2.24. The van der Waals surface area contributed by atoms with Gasteiger partial charge in [0.15, 0.2) is 0 Å². The van der Waals surface area contributed by atoms with Gasteiger partial charge in [0.05, 0.1) is 5.69 Å². The maximum Gasteiger partial charge on any atom is 0.319 e. The summed E-state index contributed by atoms with van der Waals surface area (Å²) in [5.41, 5.74) is 9.67. The predicted molar refractivity (Wildman–Crippen MR) is 133 cm³/mol. The SMILES string of the molecule is CCCCc1ccc(OCc2ccccc2)c(NC(=O)NC)c1.NCCc1ccccc1. The Morgan fingerprint density at radius 1 is 0.875 bits per heavy atom. The highest BCUT2D eigenvalue weighted by molar-refractivity contribution is 5.90. The molecule has 0 aliphatic heterocycles. The average molecular weight is 434 g/mol. The van der Waals surface area contributed by atoms with Crippen LogP contribution in [0.3, 0.4) is 0 Å². The topological polar surface area (TPSA) is 76.4 Å². The van der Waals surface area contributed by atoms with E-state index in [9.17, 15) is 4.79 Å². The summed E-state index contributed by atoms with van der Waals surface area (Å²) in [6.45, 7) is 3.38. The van der Waals surface area contributed by atoms with Crippen molar-refractivity contribution in [2.75, 3.05) is 18.9 Å². The zero-order valence-electron chi connectivity index (χ0n) is 19.1. The molecule has 0 bridgehead atoms. The molecule has 5 nitrogen and oxygen atoms in total. The molecule has 0 heterocycles. The van der Waals surface area contributed by atoms with Crippen LogP contribution in [-0.4, -0.2) is 19.6 Å². The minimum absolute atomic E-state index is 0.248. The van der Waals surface area contributed by atoms with Gasteiger partial charge >= 0.3 is 6.03 Å². The van der Waals surface area contributed by atoms with Crippen LogP contribution in [0.2, 0.25) is 0 Å². The number of benzene rings is 3. The van der Waals surface area contributed by atoms with Crippen LogP contribution >= 0.6 is 0 Å². The summed E-state index contributed by atoms with van der Waals surface area (Å²) in [4.78, 5) is 11.7. The molecule has 0 saturated carbocycles. The quantitative estimate of drug-likeness (QED) is 0.414. The second kappa shape index (κ2) is 14.7. The molecule has 2 amide bonds. The fourth-order valence-corrected chi connectivity index (χ4v) is 3.07. The number of carbonyl (C=O) groups excluding carboxylic acids is 1. The molecular formula is C27H35N3O2. The monoisotopic (exact) mass is 433 g/mol. The number of hydrogen-bond acceptors (Lipinski definition) is 3. The van der Waals surface area contributed by atoms with E-state index in [0.29, 0.717) is 18.0 Å². The number of carbonyl (C=O) groups is 1. The summed E-state index contributed by atoms with van der Waals surface area (Å²) in [6.07, 6.45) is 4.26. The number of unbranched alkanes of at least 4 members (excludes halogenated alkanes) is 1. The molecule has 5 heteroatoms. The summed E-state index contributed by atoms with van der Waals surface area (Å²) in [6, 6.07) is 26.0. The fraction of sp³-hybridized carbons (Fsp3) is 0.296. The molecule has 3 rings (SSSR count). The van der Waals surface area contributed by atoms with Gasteiger partial charge in [-0.15, -0.1) is 0 Å². The minimum atomic E-state index is -0.248. The van der Waals surface area contributed by atoms with Crippen molar-refractivity contribution in [3.8, 4) is 5.75 Å². The van der Waals surface area contributed by atoms with Gasteiger partial charge in [-0.05, 0) is 54.6 Å². The van der Waals surface area contributed by atoms with Crippen molar-refractivity contribution in [2.24, 2.45) is 5.73 Å². The molecular weight excluding hydrogens is 398 g/mol. The Hall–Kier alpha value is -3.31.